The molecule has 0 amide bonds. The highest BCUT2D eigenvalue weighted by atomic mass is 14.7. The summed E-state index contributed by atoms with van der Waals surface area (Å²) in [6.45, 7) is 11.5. The lowest BCUT2D eigenvalue weighted by Crippen LogP contribution is -2.26. The second-order valence-electron chi connectivity index (χ2n) is 6.39. The average Bonchev–Trinajstić information content (AvgIpc) is 2.33. The van der Waals surface area contributed by atoms with Gasteiger partial charge in [0.25, 0.3) is 0 Å². The fourth-order valence-corrected chi connectivity index (χ4v) is 2.61. The van der Waals surface area contributed by atoms with Gasteiger partial charge >= 0.3 is 0 Å². The van der Waals surface area contributed by atoms with Gasteiger partial charge in [-0.2, -0.15) is 0 Å². The fraction of sp³-hybridized carbons (Fsp3) is 0.471. The van der Waals surface area contributed by atoms with E-state index in [0.29, 0.717) is 6.54 Å². The van der Waals surface area contributed by atoms with Gasteiger partial charge in [0, 0.05) is 11.1 Å². The Labute approximate surface area is 116 Å². The highest BCUT2D eigenvalue weighted by Gasteiger charge is 2.19. The number of nitrogens with two attached hydrogens (primary N) is 1. The number of fused-ring (bicyclic) bond motifs is 1. The standard InChI is InChI=1S/C17H24N2/c1-11-6-7-12(2)16-15(11)14(8-13(3)19-16)9-17(4,5)10-18/h6-8H,9-10,18H2,1-5H3. The second kappa shape index (κ2) is 4.93. The van der Waals surface area contributed by atoms with Crippen molar-refractivity contribution in [3.05, 3.63) is 40.6 Å². The molecule has 102 valence electrons. The number of aryl methyl sites for hydroxylation is 3. The van der Waals surface area contributed by atoms with Crippen molar-refractivity contribution in [2.45, 2.75) is 41.0 Å². The highest BCUT2D eigenvalue weighted by molar-refractivity contribution is 5.88. The summed E-state index contributed by atoms with van der Waals surface area (Å²) in [5.41, 5.74) is 12.2. The zero-order valence-electron chi connectivity index (χ0n) is 12.7. The number of nitrogens with zero attached hydrogens (tertiary/aromatic N) is 1. The SMILES string of the molecule is Cc1cc(CC(C)(C)CN)c2c(C)ccc(C)c2n1. The van der Waals surface area contributed by atoms with Crippen molar-refractivity contribution in [2.75, 3.05) is 6.54 Å². The van der Waals surface area contributed by atoms with E-state index in [2.05, 4.69) is 52.8 Å². The lowest BCUT2D eigenvalue weighted by molar-refractivity contribution is 0.378. The first-order valence-electron chi connectivity index (χ1n) is 6.90. The quantitative estimate of drug-likeness (QED) is 0.909. The van der Waals surface area contributed by atoms with Crippen LogP contribution in [0, 0.1) is 26.2 Å². The Kier molecular flexibility index (Phi) is 3.64. The minimum Gasteiger partial charge on any atom is -0.330 e. The van der Waals surface area contributed by atoms with Crippen molar-refractivity contribution >= 4 is 10.9 Å². The minimum atomic E-state index is 0.122. The summed E-state index contributed by atoms with van der Waals surface area (Å²) in [7, 11) is 0. The monoisotopic (exact) mass is 256 g/mol. The van der Waals surface area contributed by atoms with Crippen molar-refractivity contribution in [2.24, 2.45) is 11.1 Å². The molecule has 2 nitrogen and oxygen atoms in total. The van der Waals surface area contributed by atoms with E-state index in [0.717, 1.165) is 17.6 Å². The summed E-state index contributed by atoms with van der Waals surface area (Å²) in [4.78, 5) is 4.72. The summed E-state index contributed by atoms with van der Waals surface area (Å²) in [5.74, 6) is 0. The van der Waals surface area contributed by atoms with Crippen LogP contribution in [0.1, 0.15) is 36.2 Å². The van der Waals surface area contributed by atoms with Crippen LogP contribution in [0.25, 0.3) is 10.9 Å². The van der Waals surface area contributed by atoms with E-state index in [4.69, 9.17) is 10.7 Å². The second-order valence-corrected chi connectivity index (χ2v) is 6.39. The Hall–Kier alpha value is -1.41. The number of hydrogen-bond acceptors (Lipinski definition) is 2. The van der Waals surface area contributed by atoms with Crippen LogP contribution in [0.5, 0.6) is 0 Å². The third kappa shape index (κ3) is 2.79. The van der Waals surface area contributed by atoms with Gasteiger partial charge in [0.1, 0.15) is 0 Å². The normalized spacial score (nSPS) is 12.1. The lowest BCUT2D eigenvalue weighted by Gasteiger charge is -2.24. The third-order valence-electron chi connectivity index (χ3n) is 3.80. The molecule has 0 radical (unpaired) electrons. The Morgan fingerprint density at radius 1 is 1.11 bits per heavy atom. The lowest BCUT2D eigenvalue weighted by atomic mass is 9.83. The largest absolute Gasteiger partial charge is 0.330 e. The molecule has 2 N–H and O–H groups in total. The average molecular weight is 256 g/mol. The van der Waals surface area contributed by atoms with E-state index in [1.165, 1.54) is 22.1 Å². The van der Waals surface area contributed by atoms with Gasteiger partial charge in [-0.1, -0.05) is 26.0 Å². The summed E-state index contributed by atoms with van der Waals surface area (Å²) in [6.07, 6.45) is 0.994. The molecular weight excluding hydrogens is 232 g/mol. The molecule has 0 atom stereocenters. The summed E-state index contributed by atoms with van der Waals surface area (Å²) in [5, 5.41) is 1.31. The van der Waals surface area contributed by atoms with Crippen LogP contribution in [0.15, 0.2) is 18.2 Å². The molecule has 0 fully saturated rings. The van der Waals surface area contributed by atoms with Crippen LogP contribution >= 0.6 is 0 Å². The number of pyridine rings is 1. The smallest absolute Gasteiger partial charge is 0.0739 e. The Balaban J connectivity index is 2.70. The highest BCUT2D eigenvalue weighted by Crippen LogP contribution is 2.30. The van der Waals surface area contributed by atoms with Crippen LogP contribution in [0.2, 0.25) is 0 Å². The molecule has 0 aliphatic heterocycles. The van der Waals surface area contributed by atoms with Crippen LogP contribution in [-0.4, -0.2) is 11.5 Å². The van der Waals surface area contributed by atoms with Gasteiger partial charge in [-0.25, -0.2) is 0 Å². The molecule has 1 aromatic heterocycles. The van der Waals surface area contributed by atoms with Crippen LogP contribution in [0.3, 0.4) is 0 Å². The maximum atomic E-state index is 5.89. The van der Waals surface area contributed by atoms with E-state index in [-0.39, 0.29) is 5.41 Å². The van der Waals surface area contributed by atoms with Gasteiger partial charge in [0.05, 0.1) is 5.52 Å². The molecule has 2 rings (SSSR count). The molecule has 19 heavy (non-hydrogen) atoms. The summed E-state index contributed by atoms with van der Waals surface area (Å²) in [6, 6.07) is 6.56. The van der Waals surface area contributed by atoms with E-state index < -0.39 is 0 Å². The first-order valence-corrected chi connectivity index (χ1v) is 6.90. The molecule has 0 saturated carbocycles. The van der Waals surface area contributed by atoms with Gasteiger partial charge in [-0.3, -0.25) is 4.98 Å². The van der Waals surface area contributed by atoms with Crippen molar-refractivity contribution in [3.63, 3.8) is 0 Å². The van der Waals surface area contributed by atoms with E-state index >= 15 is 0 Å². The van der Waals surface area contributed by atoms with Crippen LogP contribution < -0.4 is 5.73 Å². The third-order valence-corrected chi connectivity index (χ3v) is 3.80. The van der Waals surface area contributed by atoms with Gasteiger partial charge < -0.3 is 5.73 Å². The maximum Gasteiger partial charge on any atom is 0.0739 e. The molecule has 0 aliphatic rings. The van der Waals surface area contributed by atoms with Gasteiger partial charge in [0.2, 0.25) is 0 Å². The van der Waals surface area contributed by atoms with Gasteiger partial charge in [0.15, 0.2) is 0 Å². The topological polar surface area (TPSA) is 38.9 Å². The molecule has 0 unspecified atom stereocenters. The van der Waals surface area contributed by atoms with Crippen LogP contribution in [0.4, 0.5) is 0 Å². The molecule has 0 saturated heterocycles. The van der Waals surface area contributed by atoms with E-state index in [1.54, 1.807) is 0 Å². The maximum absolute atomic E-state index is 5.89. The molecule has 2 aromatic rings. The number of benzene rings is 1. The number of rotatable bonds is 3. The number of hydrogen-bond donors (Lipinski definition) is 1. The molecule has 1 aromatic carbocycles. The Bertz CT molecular complexity index is 612. The Morgan fingerprint density at radius 2 is 1.74 bits per heavy atom. The summed E-state index contributed by atoms with van der Waals surface area (Å²) >= 11 is 0. The predicted octanol–water partition coefficient (Wildman–Crippen LogP) is 3.69. The number of aromatic nitrogens is 1. The van der Waals surface area contributed by atoms with Crippen molar-refractivity contribution in [3.8, 4) is 0 Å². The van der Waals surface area contributed by atoms with Gasteiger partial charge in [-0.05, 0) is 61.9 Å². The minimum absolute atomic E-state index is 0.122. The molecule has 0 bridgehead atoms. The predicted molar refractivity (Wildman–Crippen MR) is 82.5 cm³/mol. The molecule has 0 aliphatic carbocycles. The first-order chi connectivity index (χ1) is 8.84. The van der Waals surface area contributed by atoms with E-state index in [9.17, 15) is 0 Å². The van der Waals surface area contributed by atoms with E-state index in [1.807, 2.05) is 0 Å². The zero-order valence-corrected chi connectivity index (χ0v) is 12.7. The Morgan fingerprint density at radius 3 is 2.37 bits per heavy atom. The molecule has 1 heterocycles. The molecule has 2 heteroatoms. The summed E-state index contributed by atoms with van der Waals surface area (Å²) < 4.78 is 0. The molecular formula is C17H24N2. The van der Waals surface area contributed by atoms with Crippen molar-refractivity contribution < 1.29 is 0 Å². The van der Waals surface area contributed by atoms with Crippen molar-refractivity contribution in [1.29, 1.82) is 0 Å². The van der Waals surface area contributed by atoms with Crippen molar-refractivity contribution in [1.82, 2.24) is 4.98 Å². The van der Waals surface area contributed by atoms with Crippen LogP contribution in [-0.2, 0) is 6.42 Å². The van der Waals surface area contributed by atoms with Gasteiger partial charge in [-0.15, -0.1) is 0 Å². The zero-order chi connectivity index (χ0) is 14.2. The molecule has 0 spiro atoms. The fourth-order valence-electron chi connectivity index (χ4n) is 2.61. The first kappa shape index (κ1) is 14.0.